The monoisotopic (exact) mass is 273 g/mol. The zero-order valence-corrected chi connectivity index (χ0v) is 12.7. The van der Waals surface area contributed by atoms with E-state index in [0.717, 1.165) is 17.3 Å². The smallest absolute Gasteiger partial charge is 0.0834 e. The lowest BCUT2D eigenvalue weighted by atomic mass is 9.88. The largest absolute Gasteiger partial charge is 0.383 e. The van der Waals surface area contributed by atoms with Gasteiger partial charge in [0, 0.05) is 7.11 Å². The van der Waals surface area contributed by atoms with Crippen LogP contribution in [0.15, 0.2) is 6.20 Å². The highest BCUT2D eigenvalue weighted by molar-refractivity contribution is 6.31. The van der Waals surface area contributed by atoms with E-state index in [1.54, 1.807) is 13.3 Å². The topological polar surface area (TPSA) is 39.1 Å². The fourth-order valence-corrected chi connectivity index (χ4v) is 2.33. The molecule has 2 unspecified atom stereocenters. The average Bonchev–Trinajstić information content (AvgIpc) is 2.69. The number of methoxy groups -OCH3 is 1. The van der Waals surface area contributed by atoms with Crippen molar-refractivity contribution >= 4 is 11.6 Å². The fourth-order valence-electron chi connectivity index (χ4n) is 2.07. The van der Waals surface area contributed by atoms with Crippen molar-refractivity contribution in [1.82, 2.24) is 15.1 Å². The molecule has 1 N–H and O–H groups in total. The van der Waals surface area contributed by atoms with Crippen LogP contribution in [-0.2, 0) is 11.3 Å². The highest BCUT2D eigenvalue weighted by Gasteiger charge is 2.26. The molecular weight excluding hydrogens is 250 g/mol. The van der Waals surface area contributed by atoms with Gasteiger partial charge in [-0.1, -0.05) is 32.4 Å². The number of aromatic nitrogens is 2. The van der Waals surface area contributed by atoms with Gasteiger partial charge in [0.25, 0.3) is 0 Å². The summed E-state index contributed by atoms with van der Waals surface area (Å²) in [4.78, 5) is 0. The van der Waals surface area contributed by atoms with Crippen LogP contribution in [0.3, 0.4) is 0 Å². The van der Waals surface area contributed by atoms with E-state index in [0.29, 0.717) is 18.4 Å². The molecule has 0 amide bonds. The molecule has 18 heavy (non-hydrogen) atoms. The van der Waals surface area contributed by atoms with E-state index in [4.69, 9.17) is 16.3 Å². The molecule has 4 nitrogen and oxygen atoms in total. The number of nitrogens with zero attached hydrogens (tertiary/aromatic N) is 2. The summed E-state index contributed by atoms with van der Waals surface area (Å²) < 4.78 is 7.04. The van der Waals surface area contributed by atoms with E-state index in [2.05, 4.69) is 31.2 Å². The third-order valence-electron chi connectivity index (χ3n) is 3.52. The number of nitrogens with one attached hydrogen (secondary N) is 1. The Balaban J connectivity index is 3.00. The molecule has 1 aromatic rings. The van der Waals surface area contributed by atoms with Gasteiger partial charge in [-0.15, -0.1) is 0 Å². The molecule has 0 aromatic carbocycles. The SMILES string of the molecule is CNC(c1c(Cl)cnn1CCOC)C(C)C(C)C. The molecule has 2 atom stereocenters. The Kier molecular flexibility index (Phi) is 6.12. The predicted octanol–water partition coefficient (Wildman–Crippen LogP) is 2.74. The third-order valence-corrected chi connectivity index (χ3v) is 3.81. The third kappa shape index (κ3) is 3.46. The van der Waals surface area contributed by atoms with Gasteiger partial charge in [-0.2, -0.15) is 5.10 Å². The van der Waals surface area contributed by atoms with Crippen LogP contribution in [-0.4, -0.2) is 30.5 Å². The molecule has 0 saturated heterocycles. The summed E-state index contributed by atoms with van der Waals surface area (Å²) in [5, 5.41) is 8.41. The second kappa shape index (κ2) is 7.12. The average molecular weight is 274 g/mol. The second-order valence-corrected chi connectivity index (χ2v) is 5.37. The minimum Gasteiger partial charge on any atom is -0.383 e. The summed E-state index contributed by atoms with van der Waals surface area (Å²) in [6.45, 7) is 8.03. The molecule has 5 heteroatoms. The maximum Gasteiger partial charge on any atom is 0.0834 e. The molecule has 1 rings (SSSR count). The van der Waals surface area contributed by atoms with Crippen LogP contribution < -0.4 is 5.32 Å². The molecular formula is C13H24ClN3O. The van der Waals surface area contributed by atoms with Gasteiger partial charge in [0.2, 0.25) is 0 Å². The Labute approximate surface area is 115 Å². The summed E-state index contributed by atoms with van der Waals surface area (Å²) in [7, 11) is 3.66. The molecule has 0 radical (unpaired) electrons. The standard InChI is InChI=1S/C13H24ClN3O/c1-9(2)10(3)12(15-4)13-11(14)8-16-17(13)6-7-18-5/h8-10,12,15H,6-7H2,1-5H3. The van der Waals surface area contributed by atoms with Crippen molar-refractivity contribution in [2.24, 2.45) is 11.8 Å². The van der Waals surface area contributed by atoms with Crippen molar-refractivity contribution in [3.63, 3.8) is 0 Å². The van der Waals surface area contributed by atoms with Crippen LogP contribution in [0.1, 0.15) is 32.5 Å². The molecule has 1 aromatic heterocycles. The Morgan fingerprint density at radius 1 is 1.44 bits per heavy atom. The van der Waals surface area contributed by atoms with Gasteiger partial charge in [-0.25, -0.2) is 0 Å². The van der Waals surface area contributed by atoms with Crippen LogP contribution in [0.5, 0.6) is 0 Å². The highest BCUT2D eigenvalue weighted by atomic mass is 35.5. The molecule has 0 aliphatic heterocycles. The van der Waals surface area contributed by atoms with Gasteiger partial charge < -0.3 is 10.1 Å². The Hall–Kier alpha value is -0.580. The molecule has 1 heterocycles. The van der Waals surface area contributed by atoms with Gasteiger partial charge in [0.1, 0.15) is 0 Å². The van der Waals surface area contributed by atoms with Crippen LogP contribution in [0, 0.1) is 11.8 Å². The summed E-state index contributed by atoms with van der Waals surface area (Å²) in [5.41, 5.74) is 1.05. The van der Waals surface area contributed by atoms with Crippen LogP contribution in [0.4, 0.5) is 0 Å². The fraction of sp³-hybridized carbons (Fsp3) is 0.769. The zero-order valence-electron chi connectivity index (χ0n) is 11.9. The van der Waals surface area contributed by atoms with Crippen molar-refractivity contribution in [2.45, 2.75) is 33.4 Å². The number of hydrogen-bond donors (Lipinski definition) is 1. The van der Waals surface area contributed by atoms with E-state index in [1.165, 1.54) is 0 Å². The minimum atomic E-state index is 0.205. The molecule has 0 bridgehead atoms. The van der Waals surface area contributed by atoms with Crippen LogP contribution >= 0.6 is 11.6 Å². The minimum absolute atomic E-state index is 0.205. The van der Waals surface area contributed by atoms with Gasteiger partial charge in [0.05, 0.1) is 36.1 Å². The highest BCUT2D eigenvalue weighted by Crippen LogP contribution is 2.31. The maximum absolute atomic E-state index is 6.28. The maximum atomic E-state index is 6.28. The molecule has 104 valence electrons. The summed E-state index contributed by atoms with van der Waals surface area (Å²) >= 11 is 6.28. The Bertz CT molecular complexity index is 365. The van der Waals surface area contributed by atoms with Gasteiger partial charge in [0.15, 0.2) is 0 Å². The van der Waals surface area contributed by atoms with E-state index in [-0.39, 0.29) is 6.04 Å². The lowest BCUT2D eigenvalue weighted by Gasteiger charge is -2.27. The van der Waals surface area contributed by atoms with Crippen molar-refractivity contribution in [3.05, 3.63) is 16.9 Å². The zero-order chi connectivity index (χ0) is 13.7. The summed E-state index contributed by atoms with van der Waals surface area (Å²) in [5.74, 6) is 1.05. The molecule has 0 aliphatic carbocycles. The first-order valence-corrected chi connectivity index (χ1v) is 6.78. The predicted molar refractivity (Wildman–Crippen MR) is 74.9 cm³/mol. The number of halogens is 1. The van der Waals surface area contributed by atoms with Crippen molar-refractivity contribution < 1.29 is 4.74 Å². The van der Waals surface area contributed by atoms with Gasteiger partial charge in [-0.05, 0) is 18.9 Å². The van der Waals surface area contributed by atoms with Crippen LogP contribution in [0.2, 0.25) is 5.02 Å². The summed E-state index contributed by atoms with van der Waals surface area (Å²) in [6.07, 6.45) is 1.71. The first-order valence-electron chi connectivity index (χ1n) is 6.40. The van der Waals surface area contributed by atoms with Gasteiger partial charge in [-0.3, -0.25) is 4.68 Å². The number of hydrogen-bond acceptors (Lipinski definition) is 3. The normalized spacial score (nSPS) is 15.1. The molecule has 0 fully saturated rings. The first-order chi connectivity index (χ1) is 8.52. The van der Waals surface area contributed by atoms with E-state index >= 15 is 0 Å². The van der Waals surface area contributed by atoms with E-state index in [9.17, 15) is 0 Å². The van der Waals surface area contributed by atoms with Crippen molar-refractivity contribution in [1.29, 1.82) is 0 Å². The number of ether oxygens (including phenoxy) is 1. The lowest BCUT2D eigenvalue weighted by molar-refractivity contribution is 0.180. The van der Waals surface area contributed by atoms with E-state index in [1.807, 2.05) is 11.7 Å². The first kappa shape index (κ1) is 15.5. The molecule has 0 saturated carbocycles. The molecule has 0 spiro atoms. The van der Waals surface area contributed by atoms with Gasteiger partial charge >= 0.3 is 0 Å². The second-order valence-electron chi connectivity index (χ2n) is 4.96. The van der Waals surface area contributed by atoms with E-state index < -0.39 is 0 Å². The quantitative estimate of drug-likeness (QED) is 0.830. The van der Waals surface area contributed by atoms with Crippen molar-refractivity contribution in [3.8, 4) is 0 Å². The van der Waals surface area contributed by atoms with Crippen molar-refractivity contribution in [2.75, 3.05) is 20.8 Å². The van der Waals surface area contributed by atoms with Crippen LogP contribution in [0.25, 0.3) is 0 Å². The number of rotatable bonds is 7. The lowest BCUT2D eigenvalue weighted by Crippen LogP contribution is -2.29. The molecule has 0 aliphatic rings. The Morgan fingerprint density at radius 2 is 2.11 bits per heavy atom. The Morgan fingerprint density at radius 3 is 2.61 bits per heavy atom. The summed E-state index contributed by atoms with van der Waals surface area (Å²) in [6, 6.07) is 0.205.